The largest absolute Gasteiger partial charge is 0.462 e. The first-order valence-electron chi connectivity index (χ1n) is 24.6. The van der Waals surface area contributed by atoms with Crippen LogP contribution >= 0.6 is 0 Å². The van der Waals surface area contributed by atoms with Gasteiger partial charge in [0.1, 0.15) is 36.8 Å². The van der Waals surface area contributed by atoms with E-state index in [1.165, 1.54) is 154 Å². The molecule has 0 aromatic rings. The molecule has 1 saturated heterocycles. The maximum atomic E-state index is 12.8. The molecule has 1 aliphatic rings. The number of hydrogen-bond acceptors (Lipinski definition) is 11. The van der Waals surface area contributed by atoms with Gasteiger partial charge in [-0.2, -0.15) is 8.42 Å². The highest BCUT2D eigenvalue weighted by Crippen LogP contribution is 2.24. The molecule has 0 radical (unpaired) electrons. The Morgan fingerprint density at radius 2 is 0.850 bits per heavy atom. The number of carbonyl (C=O) groups is 2. The molecule has 60 heavy (non-hydrogen) atoms. The van der Waals surface area contributed by atoms with E-state index >= 15 is 0 Å². The minimum atomic E-state index is -4.60. The van der Waals surface area contributed by atoms with Crippen LogP contribution in [0.1, 0.15) is 232 Å². The lowest BCUT2D eigenvalue weighted by Crippen LogP contribution is -2.60. The summed E-state index contributed by atoms with van der Waals surface area (Å²) in [6, 6.07) is 0. The quantitative estimate of drug-likeness (QED) is 0.0259. The predicted octanol–water partition coefficient (Wildman–Crippen LogP) is 10.5. The van der Waals surface area contributed by atoms with E-state index in [-0.39, 0.29) is 19.4 Å². The van der Waals surface area contributed by atoms with Crippen molar-refractivity contribution in [3.63, 3.8) is 0 Å². The smallest absolute Gasteiger partial charge is 0.306 e. The Balaban J connectivity index is 2.39. The maximum absolute atomic E-state index is 12.8. The third-order valence-electron chi connectivity index (χ3n) is 11.7. The second-order valence-corrected chi connectivity index (χ2v) is 19.0. The van der Waals surface area contributed by atoms with Crippen molar-refractivity contribution in [3.8, 4) is 0 Å². The van der Waals surface area contributed by atoms with Gasteiger partial charge < -0.3 is 34.3 Å². The zero-order valence-electron chi connectivity index (χ0n) is 38.1. The summed E-state index contributed by atoms with van der Waals surface area (Å²) in [5, 5.41) is 30.9. The van der Waals surface area contributed by atoms with Crippen LogP contribution in [0.3, 0.4) is 0 Å². The van der Waals surface area contributed by atoms with Crippen LogP contribution in [0.25, 0.3) is 0 Å². The molecule has 1 heterocycles. The Morgan fingerprint density at radius 3 is 1.22 bits per heavy atom. The summed E-state index contributed by atoms with van der Waals surface area (Å²) in [7, 11) is -4.60. The molecule has 0 saturated carbocycles. The van der Waals surface area contributed by atoms with Crippen LogP contribution in [0.4, 0.5) is 0 Å². The molecule has 1 fully saturated rings. The summed E-state index contributed by atoms with van der Waals surface area (Å²) >= 11 is 0. The van der Waals surface area contributed by atoms with E-state index in [1.807, 2.05) is 0 Å². The van der Waals surface area contributed by atoms with Crippen molar-refractivity contribution in [2.45, 2.75) is 269 Å². The van der Waals surface area contributed by atoms with Gasteiger partial charge in [-0.1, -0.05) is 206 Å². The molecule has 13 heteroatoms. The minimum Gasteiger partial charge on any atom is -0.462 e. The highest BCUT2D eigenvalue weighted by atomic mass is 32.2. The fraction of sp³-hybridized carbons (Fsp3) is 0.957. The SMILES string of the molecule is CCCCCCCCCCCCCCCCCCC(=O)OCC(COC1OC(CS(=O)(=O)O)C(O)C(O)C1O)OC(=O)CCCCCCCCCCCCCCCCCC. The van der Waals surface area contributed by atoms with Crippen molar-refractivity contribution in [1.82, 2.24) is 0 Å². The van der Waals surface area contributed by atoms with Crippen molar-refractivity contribution < 1.29 is 56.8 Å². The number of carbonyl (C=O) groups excluding carboxylic acids is 2. The molecule has 1 aliphatic heterocycles. The standard InChI is InChI=1S/C47H90O12S/c1-3-5-7-9-11-13-15-17-19-21-23-25-27-29-31-33-35-42(48)56-37-40(38-57-47-46(52)45(51)44(50)41(59-47)39-60(53,54)55)58-43(49)36-34-32-30-28-26-24-22-20-18-16-14-12-10-8-6-4-2/h40-41,44-47,50-52H,3-39H2,1-2H3,(H,53,54,55). The third-order valence-corrected chi connectivity index (χ3v) is 12.4. The summed E-state index contributed by atoms with van der Waals surface area (Å²) in [6.07, 6.45) is 30.0. The van der Waals surface area contributed by atoms with E-state index in [0.717, 1.165) is 38.5 Å². The van der Waals surface area contributed by atoms with Crippen LogP contribution in [-0.2, 0) is 38.7 Å². The zero-order chi connectivity index (χ0) is 44.1. The summed E-state index contributed by atoms with van der Waals surface area (Å²) in [4.78, 5) is 25.5. The predicted molar refractivity (Wildman–Crippen MR) is 238 cm³/mol. The van der Waals surface area contributed by atoms with Gasteiger partial charge in [0.25, 0.3) is 10.1 Å². The van der Waals surface area contributed by atoms with Crippen LogP contribution in [0.5, 0.6) is 0 Å². The van der Waals surface area contributed by atoms with Gasteiger partial charge in [0, 0.05) is 12.8 Å². The van der Waals surface area contributed by atoms with E-state index < -0.39 is 71.2 Å². The Hall–Kier alpha value is -1.35. The molecule has 0 aromatic heterocycles. The van der Waals surface area contributed by atoms with Gasteiger partial charge in [-0.05, 0) is 12.8 Å². The average molecular weight is 879 g/mol. The van der Waals surface area contributed by atoms with Crippen molar-refractivity contribution in [3.05, 3.63) is 0 Å². The maximum Gasteiger partial charge on any atom is 0.306 e. The molecule has 6 atom stereocenters. The number of unbranched alkanes of at least 4 members (excludes halogenated alkanes) is 30. The zero-order valence-corrected chi connectivity index (χ0v) is 38.9. The summed E-state index contributed by atoms with van der Waals surface area (Å²) in [5.74, 6) is -1.96. The van der Waals surface area contributed by atoms with Crippen LogP contribution in [-0.4, -0.2) is 96.0 Å². The van der Waals surface area contributed by atoms with E-state index in [2.05, 4.69) is 13.8 Å². The van der Waals surface area contributed by atoms with Crippen LogP contribution < -0.4 is 0 Å². The van der Waals surface area contributed by atoms with E-state index in [9.17, 15) is 37.9 Å². The number of rotatable bonds is 42. The topological polar surface area (TPSA) is 186 Å². The first-order valence-corrected chi connectivity index (χ1v) is 26.2. The van der Waals surface area contributed by atoms with Gasteiger partial charge in [0.15, 0.2) is 12.4 Å². The van der Waals surface area contributed by atoms with Crippen LogP contribution in [0, 0.1) is 0 Å². The van der Waals surface area contributed by atoms with Crippen molar-refractivity contribution >= 4 is 22.1 Å². The molecular formula is C47H90O12S. The summed E-state index contributed by atoms with van der Waals surface area (Å²) in [5.41, 5.74) is 0. The van der Waals surface area contributed by atoms with Crippen LogP contribution in [0.2, 0.25) is 0 Å². The van der Waals surface area contributed by atoms with Gasteiger partial charge in [-0.25, -0.2) is 0 Å². The second-order valence-electron chi connectivity index (χ2n) is 17.5. The molecule has 0 aliphatic carbocycles. The monoisotopic (exact) mass is 879 g/mol. The fourth-order valence-corrected chi connectivity index (χ4v) is 8.55. The second kappa shape index (κ2) is 38.1. The Kier molecular flexibility index (Phi) is 36.0. The number of aliphatic hydroxyl groups is 3. The lowest BCUT2D eigenvalue weighted by Gasteiger charge is -2.40. The van der Waals surface area contributed by atoms with Crippen molar-refractivity contribution in [2.75, 3.05) is 19.0 Å². The molecule has 0 aromatic carbocycles. The molecule has 12 nitrogen and oxygen atoms in total. The van der Waals surface area contributed by atoms with Gasteiger partial charge in [-0.3, -0.25) is 14.1 Å². The van der Waals surface area contributed by atoms with Crippen LogP contribution in [0.15, 0.2) is 0 Å². The normalized spacial score (nSPS) is 20.0. The average Bonchev–Trinajstić information content (AvgIpc) is 3.21. The third kappa shape index (κ3) is 32.3. The highest BCUT2D eigenvalue weighted by molar-refractivity contribution is 7.85. The Morgan fingerprint density at radius 1 is 0.500 bits per heavy atom. The van der Waals surface area contributed by atoms with Gasteiger partial charge in [-0.15, -0.1) is 0 Å². The summed E-state index contributed by atoms with van der Waals surface area (Å²) < 4.78 is 54.2. The fourth-order valence-electron chi connectivity index (χ4n) is 7.86. The molecular weight excluding hydrogens is 789 g/mol. The highest BCUT2D eigenvalue weighted by Gasteiger charge is 2.46. The Bertz CT molecular complexity index is 1120. The molecule has 4 N–H and O–H groups in total. The molecule has 1 rings (SSSR count). The van der Waals surface area contributed by atoms with Crippen molar-refractivity contribution in [2.24, 2.45) is 0 Å². The molecule has 6 unspecified atom stereocenters. The van der Waals surface area contributed by atoms with Gasteiger partial charge in [0.05, 0.1) is 6.61 Å². The van der Waals surface area contributed by atoms with E-state index in [1.54, 1.807) is 0 Å². The number of ether oxygens (including phenoxy) is 4. The molecule has 0 spiro atoms. The molecule has 0 bridgehead atoms. The Labute approximate surface area is 365 Å². The number of aliphatic hydroxyl groups excluding tert-OH is 3. The summed E-state index contributed by atoms with van der Waals surface area (Å²) in [6.45, 7) is 3.80. The van der Waals surface area contributed by atoms with Gasteiger partial charge >= 0.3 is 11.9 Å². The number of esters is 2. The minimum absolute atomic E-state index is 0.173. The van der Waals surface area contributed by atoms with Crippen molar-refractivity contribution in [1.29, 1.82) is 0 Å². The molecule has 356 valence electrons. The lowest BCUT2D eigenvalue weighted by atomic mass is 10.00. The first kappa shape index (κ1) is 56.7. The first-order chi connectivity index (χ1) is 29.0. The van der Waals surface area contributed by atoms with Gasteiger partial charge in [0.2, 0.25) is 0 Å². The lowest BCUT2D eigenvalue weighted by molar-refractivity contribution is -0.297. The van der Waals surface area contributed by atoms with E-state index in [4.69, 9.17) is 18.9 Å². The number of hydrogen-bond donors (Lipinski definition) is 4. The van der Waals surface area contributed by atoms with E-state index in [0.29, 0.717) is 12.8 Å². The molecule has 0 amide bonds.